The van der Waals surface area contributed by atoms with Gasteiger partial charge in [0.25, 0.3) is 0 Å². The van der Waals surface area contributed by atoms with Gasteiger partial charge in [-0.1, -0.05) is 65.2 Å². The molecule has 0 fully saturated rings. The number of ether oxygens (including phenoxy) is 3. The van der Waals surface area contributed by atoms with E-state index in [1.54, 1.807) is 0 Å². The highest BCUT2D eigenvalue weighted by Crippen LogP contribution is 2.36. The van der Waals surface area contributed by atoms with Crippen molar-refractivity contribution < 1.29 is 167 Å². The Morgan fingerprint density at radius 2 is 0.398 bits per heavy atom. The normalized spacial score (nSPS) is 10.7. The smallest absolute Gasteiger partial charge is 0.347 e. The van der Waals surface area contributed by atoms with Crippen molar-refractivity contribution in [3.05, 3.63) is 100 Å². The summed E-state index contributed by atoms with van der Waals surface area (Å²) in [6.07, 6.45) is 5.26. The summed E-state index contributed by atoms with van der Waals surface area (Å²) >= 11 is 0. The van der Waals surface area contributed by atoms with Gasteiger partial charge in [0.1, 0.15) is 0 Å². The number of carbonyl (C=O) groups excluding carboxylic acids is 5. The van der Waals surface area contributed by atoms with E-state index >= 15 is 0 Å². The summed E-state index contributed by atoms with van der Waals surface area (Å²) in [6.45, 7) is 3.16. The second kappa shape index (κ2) is 26.9. The van der Waals surface area contributed by atoms with Crippen LogP contribution >= 0.6 is 0 Å². The second-order valence-corrected chi connectivity index (χ2v) is 17.2. The highest BCUT2D eigenvalue weighted by Gasteiger charge is 2.47. The molecule has 3 rings (SSSR count). The molecular weight excluding hydrogens is 1130 g/mol. The number of benzene rings is 3. The van der Waals surface area contributed by atoms with Gasteiger partial charge in [0.05, 0.1) is 107 Å². The third-order valence-corrected chi connectivity index (χ3v) is 11.6. The van der Waals surface area contributed by atoms with Crippen molar-refractivity contribution in [3.8, 4) is 0 Å². The zero-order valence-electron chi connectivity index (χ0n) is 42.0. The van der Waals surface area contributed by atoms with E-state index in [2.05, 4.69) is 9.47 Å². The molecule has 0 atom stereocenters. The van der Waals surface area contributed by atoms with Crippen LogP contribution in [-0.2, 0) is 14.2 Å². The molecule has 13 N–H and O–H groups in total. The van der Waals surface area contributed by atoms with Crippen molar-refractivity contribution in [2.45, 2.75) is 71.6 Å². The first-order valence-corrected chi connectivity index (χ1v) is 23.0. The van der Waals surface area contributed by atoms with E-state index < -0.39 is 214 Å². The van der Waals surface area contributed by atoms with E-state index in [-0.39, 0.29) is 12.8 Å². The van der Waals surface area contributed by atoms with Gasteiger partial charge in [0.15, 0.2) is 0 Å². The lowest BCUT2D eigenvalue weighted by Crippen LogP contribution is -2.33. The van der Waals surface area contributed by atoms with Crippen LogP contribution < -0.4 is 0 Å². The molecule has 0 spiro atoms. The molecule has 3 aromatic carbocycles. The SMILES string of the molecule is CC(C)CCCCCCCCCCOC(=O)c1c(C(=O)O)c(C(=O)O)c(C(=O)O)c(C(=O)OC(=O)c2c(C(=O)O)c(C(=O)O)c(C(=O)O)c(C(=O)O)c2C(=O)O)c1C(=O)OC(=O)c1c(C(=O)O)c(C(=O)O)c(C(=O)O)c(C(=O)O)c1C(=O)O. The average Bonchev–Trinajstić information content (AvgIpc) is 3.57. The Morgan fingerprint density at radius 1 is 0.241 bits per heavy atom. The molecule has 0 amide bonds. The maximum absolute atomic E-state index is 14.6. The molecule has 0 aromatic heterocycles. The fraction of sp³-hybridized carbons (Fsp3) is 0.265. The van der Waals surface area contributed by atoms with Crippen LogP contribution in [0.25, 0.3) is 0 Å². The van der Waals surface area contributed by atoms with E-state index in [0.717, 1.165) is 25.7 Å². The molecular formula is C49H40O34. The molecule has 0 aliphatic heterocycles. The van der Waals surface area contributed by atoms with Crippen molar-refractivity contribution >= 4 is 107 Å². The van der Waals surface area contributed by atoms with Crippen LogP contribution in [0.3, 0.4) is 0 Å². The molecule has 0 aliphatic carbocycles. The molecule has 83 heavy (non-hydrogen) atoms. The minimum Gasteiger partial charge on any atom is -0.478 e. The van der Waals surface area contributed by atoms with Crippen LogP contribution in [0.2, 0.25) is 0 Å². The van der Waals surface area contributed by atoms with Crippen molar-refractivity contribution in [1.29, 1.82) is 0 Å². The van der Waals surface area contributed by atoms with Gasteiger partial charge < -0.3 is 80.6 Å². The standard InChI is InChI=1S/C49H40O34/c1-13(2)11-9-7-5-3-4-6-8-10-12-81-45(76)29-25(43(72)73)20(38(62)63)26(44(74)75)30(48(79)82-46(77)27-21(39(64)65)16(34(54)55)14(32(50)51)17(35(56)57)22(27)40(66)67)31(29)49(80)83-47(78)28-23(41(68)69)18(36(58)59)15(33(52)53)19(37(60)61)24(28)42(70)71/h13H,3-12H2,1-2H3,(H,50,51)(H,52,53)(H,54,55)(H,56,57)(H,58,59)(H,60,61)(H,62,63)(H,64,65)(H,66,67)(H,68,69)(H,70,71)(H,72,73)(H,74,75). The predicted molar refractivity (Wildman–Crippen MR) is 256 cm³/mol. The molecule has 34 heteroatoms. The molecule has 3 aromatic rings. The lowest BCUT2D eigenvalue weighted by Gasteiger charge is -2.21. The number of carboxylic acid groups (broad SMARTS) is 13. The molecule has 0 unspecified atom stereocenters. The minimum absolute atomic E-state index is 0.166. The summed E-state index contributed by atoms with van der Waals surface area (Å²) < 4.78 is 13.8. The third-order valence-electron chi connectivity index (χ3n) is 11.6. The van der Waals surface area contributed by atoms with Crippen molar-refractivity contribution in [2.75, 3.05) is 6.61 Å². The molecule has 0 bridgehead atoms. The van der Waals surface area contributed by atoms with Crippen molar-refractivity contribution in [2.24, 2.45) is 5.92 Å². The van der Waals surface area contributed by atoms with E-state index in [4.69, 9.17) is 4.74 Å². The van der Waals surface area contributed by atoms with Crippen LogP contribution in [-0.4, -0.2) is 180 Å². The van der Waals surface area contributed by atoms with Crippen molar-refractivity contribution in [3.63, 3.8) is 0 Å². The molecule has 34 nitrogen and oxygen atoms in total. The first-order chi connectivity index (χ1) is 38.5. The number of hydrogen-bond donors (Lipinski definition) is 13. The Labute approximate surface area is 457 Å². The summed E-state index contributed by atoms with van der Waals surface area (Å²) in [5, 5.41) is 131. The largest absolute Gasteiger partial charge is 0.478 e. The fourth-order valence-electron chi connectivity index (χ4n) is 8.38. The first-order valence-electron chi connectivity index (χ1n) is 23.0. The van der Waals surface area contributed by atoms with Crippen molar-refractivity contribution in [1.82, 2.24) is 0 Å². The monoisotopic (exact) mass is 1170 g/mol. The van der Waals surface area contributed by atoms with Gasteiger partial charge in [0.2, 0.25) is 0 Å². The van der Waals surface area contributed by atoms with Gasteiger partial charge in [-0.2, -0.15) is 0 Å². The third kappa shape index (κ3) is 13.9. The highest BCUT2D eigenvalue weighted by molar-refractivity contribution is 6.29. The lowest BCUT2D eigenvalue weighted by atomic mass is 9.85. The summed E-state index contributed by atoms with van der Waals surface area (Å²) in [4.78, 5) is 235. The molecule has 0 saturated heterocycles. The number of hydrogen-bond acceptors (Lipinski definition) is 21. The number of carboxylic acids is 13. The van der Waals surface area contributed by atoms with Crippen LogP contribution in [0.4, 0.5) is 0 Å². The van der Waals surface area contributed by atoms with E-state index in [9.17, 15) is 153 Å². The van der Waals surface area contributed by atoms with E-state index in [0.29, 0.717) is 25.2 Å². The van der Waals surface area contributed by atoms with Gasteiger partial charge in [-0.3, -0.25) is 0 Å². The summed E-state index contributed by atoms with van der Waals surface area (Å²) in [5.74, 6) is -50.9. The highest BCUT2D eigenvalue weighted by atomic mass is 16.6. The Kier molecular flexibility index (Phi) is 21.3. The predicted octanol–water partition coefficient (Wildman–Crippen LogP) is 4.08. The Balaban J connectivity index is 2.67. The maximum atomic E-state index is 14.6. The number of unbranched alkanes of at least 4 members (excludes halogenated alkanes) is 7. The molecule has 0 heterocycles. The van der Waals surface area contributed by atoms with E-state index in [1.807, 2.05) is 13.8 Å². The van der Waals surface area contributed by atoms with Crippen LogP contribution in [0, 0.1) is 5.92 Å². The van der Waals surface area contributed by atoms with Gasteiger partial charge >= 0.3 is 107 Å². The van der Waals surface area contributed by atoms with Crippen LogP contribution in [0.1, 0.15) is 258 Å². The number of rotatable bonds is 29. The number of aromatic carboxylic acids is 13. The Hall–Kier alpha value is -11.5. The zero-order chi connectivity index (χ0) is 63.6. The van der Waals surface area contributed by atoms with Crippen LogP contribution in [0.5, 0.6) is 0 Å². The molecule has 0 saturated carbocycles. The van der Waals surface area contributed by atoms with Crippen LogP contribution in [0.15, 0.2) is 0 Å². The molecule has 0 radical (unpaired) electrons. The number of carbonyl (C=O) groups is 18. The second-order valence-electron chi connectivity index (χ2n) is 17.2. The molecule has 440 valence electrons. The average molecular weight is 1170 g/mol. The fourth-order valence-corrected chi connectivity index (χ4v) is 8.38. The van der Waals surface area contributed by atoms with Gasteiger partial charge in [-0.15, -0.1) is 0 Å². The van der Waals surface area contributed by atoms with Gasteiger partial charge in [0, 0.05) is 0 Å². The maximum Gasteiger partial charge on any atom is 0.347 e. The summed E-state index contributed by atoms with van der Waals surface area (Å²) in [6, 6.07) is 0. The Morgan fingerprint density at radius 3 is 0.602 bits per heavy atom. The summed E-state index contributed by atoms with van der Waals surface area (Å²) in [5.41, 5.74) is -42.3. The summed E-state index contributed by atoms with van der Waals surface area (Å²) in [7, 11) is 0. The lowest BCUT2D eigenvalue weighted by molar-refractivity contribution is 0.0342. The number of esters is 5. The first kappa shape index (κ1) is 65.8. The van der Waals surface area contributed by atoms with Gasteiger partial charge in [-0.05, 0) is 12.3 Å². The minimum atomic E-state index is -3.13. The Bertz CT molecular complexity index is 3350. The van der Waals surface area contributed by atoms with E-state index in [1.165, 1.54) is 0 Å². The molecule has 0 aliphatic rings. The van der Waals surface area contributed by atoms with Gasteiger partial charge in [-0.25, -0.2) is 86.3 Å². The topological polar surface area (TPSA) is 598 Å². The zero-order valence-corrected chi connectivity index (χ0v) is 42.0. The quantitative estimate of drug-likeness (QED) is 0.0201.